The summed E-state index contributed by atoms with van der Waals surface area (Å²) < 4.78 is 70.2. The van der Waals surface area contributed by atoms with Crippen molar-refractivity contribution in [3.05, 3.63) is 12.2 Å². The zero-order chi connectivity index (χ0) is 22.3. The third-order valence-corrected chi connectivity index (χ3v) is 6.10. The highest BCUT2D eigenvalue weighted by Gasteiger charge is 2.70. The normalized spacial score (nSPS) is 30.0. The highest BCUT2D eigenvalue weighted by molar-refractivity contribution is 5.90. The minimum Gasteiger partial charge on any atom is -0.459 e. The second kappa shape index (κ2) is 7.85. The van der Waals surface area contributed by atoms with Crippen molar-refractivity contribution in [1.29, 1.82) is 0 Å². The second-order valence-electron chi connectivity index (χ2n) is 8.69. The van der Waals surface area contributed by atoms with Crippen molar-refractivity contribution in [2.24, 2.45) is 17.8 Å². The summed E-state index contributed by atoms with van der Waals surface area (Å²) in [6.45, 7) is 3.11. The van der Waals surface area contributed by atoms with E-state index in [9.17, 15) is 31.9 Å². The second-order valence-corrected chi connectivity index (χ2v) is 8.69. The lowest BCUT2D eigenvalue weighted by molar-refractivity contribution is -0.253. The van der Waals surface area contributed by atoms with Crippen LogP contribution in [0.4, 0.5) is 17.6 Å². The lowest BCUT2D eigenvalue weighted by Crippen LogP contribution is -2.58. The molecule has 0 spiro atoms. The molecule has 0 unspecified atom stereocenters. The molecule has 4 aliphatic rings. The Morgan fingerprint density at radius 2 is 1.30 bits per heavy atom. The van der Waals surface area contributed by atoms with E-state index in [0.717, 1.165) is 19.3 Å². The summed E-state index contributed by atoms with van der Waals surface area (Å²) >= 11 is 0. The molecule has 30 heavy (non-hydrogen) atoms. The van der Waals surface area contributed by atoms with Gasteiger partial charge in [-0.05, 0) is 63.2 Å². The van der Waals surface area contributed by atoms with E-state index in [2.05, 4.69) is 16.1 Å². The number of halogens is 4. The van der Waals surface area contributed by atoms with E-state index in [1.807, 2.05) is 0 Å². The fraction of sp³-hybridized carbons (Fsp3) is 0.750. The van der Waals surface area contributed by atoms with Crippen LogP contribution >= 0.6 is 0 Å². The molecule has 0 aromatic rings. The van der Waals surface area contributed by atoms with Gasteiger partial charge in [0.25, 0.3) is 0 Å². The molecule has 0 N–H and O–H groups in total. The van der Waals surface area contributed by atoms with Crippen LogP contribution in [0.3, 0.4) is 0 Å². The maximum atomic E-state index is 14.3. The first kappa shape index (κ1) is 22.6. The Kier molecular flexibility index (Phi) is 5.90. The van der Waals surface area contributed by atoms with Gasteiger partial charge < -0.3 is 14.2 Å². The van der Waals surface area contributed by atoms with Gasteiger partial charge in [-0.1, -0.05) is 6.58 Å². The fourth-order valence-electron chi connectivity index (χ4n) is 5.16. The van der Waals surface area contributed by atoms with Gasteiger partial charge in [0.05, 0.1) is 0 Å². The van der Waals surface area contributed by atoms with Gasteiger partial charge in [-0.15, -0.1) is 0 Å². The summed E-state index contributed by atoms with van der Waals surface area (Å²) in [5, 5.41) is 0. The van der Waals surface area contributed by atoms with Crippen LogP contribution in [0.2, 0.25) is 0 Å². The predicted molar refractivity (Wildman–Crippen MR) is 93.6 cm³/mol. The Morgan fingerprint density at radius 1 is 0.867 bits per heavy atom. The Bertz CT molecular complexity index is 712. The smallest absolute Gasteiger partial charge is 0.415 e. The molecule has 4 rings (SSSR count). The molecule has 0 radical (unpaired) electrons. The Morgan fingerprint density at radius 3 is 1.77 bits per heavy atom. The Labute approximate surface area is 170 Å². The van der Waals surface area contributed by atoms with Gasteiger partial charge in [0, 0.05) is 5.57 Å². The van der Waals surface area contributed by atoms with Gasteiger partial charge >= 0.3 is 29.8 Å². The molecule has 0 aromatic carbocycles. The minimum absolute atomic E-state index is 0.0191. The van der Waals surface area contributed by atoms with E-state index < -0.39 is 48.6 Å². The van der Waals surface area contributed by atoms with Crippen LogP contribution in [0.1, 0.15) is 45.4 Å². The first-order valence-corrected chi connectivity index (χ1v) is 9.85. The summed E-state index contributed by atoms with van der Waals surface area (Å²) in [5.41, 5.74) is -1.14. The summed E-state index contributed by atoms with van der Waals surface area (Å²) in [7, 11) is 0. The van der Waals surface area contributed by atoms with E-state index in [0.29, 0.717) is 19.3 Å². The number of rotatable bonds is 8. The molecular formula is C20H24F4O6. The predicted octanol–water partition coefficient (Wildman–Crippen LogP) is 3.43. The average molecular weight is 436 g/mol. The largest absolute Gasteiger partial charge is 0.459 e. The SMILES string of the molecule is C=C(C)C(=O)OCCOC(=O)C(F)(F)C(F)(F)C(=O)OC12CC3CC(CC(C3)C1)C2. The van der Waals surface area contributed by atoms with E-state index in [1.54, 1.807) is 0 Å². The van der Waals surface area contributed by atoms with Crippen molar-refractivity contribution in [1.82, 2.24) is 0 Å². The van der Waals surface area contributed by atoms with E-state index >= 15 is 0 Å². The number of ether oxygens (including phenoxy) is 3. The zero-order valence-electron chi connectivity index (χ0n) is 16.6. The number of hydrogen-bond acceptors (Lipinski definition) is 6. The summed E-state index contributed by atoms with van der Waals surface area (Å²) in [6, 6.07) is 0. The summed E-state index contributed by atoms with van der Waals surface area (Å²) in [6.07, 6.45) is 3.95. The van der Waals surface area contributed by atoms with Gasteiger partial charge in [0.1, 0.15) is 18.8 Å². The molecule has 0 aromatic heterocycles. The van der Waals surface area contributed by atoms with Crippen LogP contribution in [0, 0.1) is 17.8 Å². The first-order valence-electron chi connectivity index (χ1n) is 9.85. The third-order valence-electron chi connectivity index (χ3n) is 6.10. The molecule has 4 saturated carbocycles. The lowest BCUT2D eigenvalue weighted by Gasteiger charge is -2.55. The molecular weight excluding hydrogens is 412 g/mol. The zero-order valence-corrected chi connectivity index (χ0v) is 16.6. The van der Waals surface area contributed by atoms with Crippen molar-refractivity contribution in [3.8, 4) is 0 Å². The lowest BCUT2D eigenvalue weighted by atomic mass is 9.54. The van der Waals surface area contributed by atoms with Crippen LogP contribution in [0.25, 0.3) is 0 Å². The average Bonchev–Trinajstić information content (AvgIpc) is 2.62. The quantitative estimate of drug-likeness (QED) is 0.191. The van der Waals surface area contributed by atoms with Crippen LogP contribution in [-0.2, 0) is 28.6 Å². The fourth-order valence-corrected chi connectivity index (χ4v) is 5.16. The molecule has 4 aliphatic carbocycles. The molecule has 168 valence electrons. The minimum atomic E-state index is -5.43. The van der Waals surface area contributed by atoms with E-state index in [1.165, 1.54) is 6.92 Å². The van der Waals surface area contributed by atoms with E-state index in [4.69, 9.17) is 4.74 Å². The summed E-state index contributed by atoms with van der Waals surface area (Å²) in [4.78, 5) is 34.7. The van der Waals surface area contributed by atoms with Gasteiger partial charge in [0.2, 0.25) is 0 Å². The number of alkyl halides is 4. The molecule has 10 heteroatoms. The van der Waals surface area contributed by atoms with Gasteiger partial charge in [-0.3, -0.25) is 0 Å². The number of hydrogen-bond donors (Lipinski definition) is 0. The topological polar surface area (TPSA) is 78.9 Å². The van der Waals surface area contributed by atoms with Gasteiger partial charge in [-0.25, -0.2) is 14.4 Å². The summed E-state index contributed by atoms with van der Waals surface area (Å²) in [5.74, 6) is -16.0. The number of carbonyl (C=O) groups excluding carboxylic acids is 3. The molecule has 0 atom stereocenters. The molecule has 0 amide bonds. The highest BCUT2D eigenvalue weighted by Crippen LogP contribution is 2.57. The maximum absolute atomic E-state index is 14.3. The van der Waals surface area contributed by atoms with Crippen molar-refractivity contribution in [2.75, 3.05) is 13.2 Å². The molecule has 4 fully saturated rings. The van der Waals surface area contributed by atoms with E-state index in [-0.39, 0.29) is 23.3 Å². The van der Waals surface area contributed by atoms with Gasteiger partial charge in [-0.2, -0.15) is 17.6 Å². The Hall–Kier alpha value is -2.13. The van der Waals surface area contributed by atoms with Crippen molar-refractivity contribution in [3.63, 3.8) is 0 Å². The first-order chi connectivity index (χ1) is 13.9. The van der Waals surface area contributed by atoms with Crippen LogP contribution < -0.4 is 0 Å². The standard InChI is InChI=1S/C20H24F4O6/c1-11(2)15(25)28-3-4-29-16(26)19(21,22)20(23,24)17(27)30-18-8-12-5-13(9-18)7-14(6-12)10-18/h12-14H,1,3-10H2,2H3. The molecule has 0 saturated heterocycles. The van der Waals surface area contributed by atoms with Crippen LogP contribution in [0.5, 0.6) is 0 Å². The molecule has 4 bridgehead atoms. The Balaban J connectivity index is 1.58. The maximum Gasteiger partial charge on any atom is 0.415 e. The molecule has 0 heterocycles. The highest BCUT2D eigenvalue weighted by atomic mass is 19.3. The number of carbonyl (C=O) groups is 3. The third kappa shape index (κ3) is 4.18. The molecule has 6 nitrogen and oxygen atoms in total. The van der Waals surface area contributed by atoms with Crippen LogP contribution in [-0.4, -0.2) is 48.6 Å². The number of esters is 3. The molecule has 0 aliphatic heterocycles. The van der Waals surface area contributed by atoms with Crippen molar-refractivity contribution in [2.45, 2.75) is 62.9 Å². The van der Waals surface area contributed by atoms with Crippen LogP contribution in [0.15, 0.2) is 12.2 Å². The monoisotopic (exact) mass is 436 g/mol. The van der Waals surface area contributed by atoms with Gasteiger partial charge in [0.15, 0.2) is 0 Å². The van der Waals surface area contributed by atoms with Crippen molar-refractivity contribution >= 4 is 17.9 Å². The van der Waals surface area contributed by atoms with Crippen molar-refractivity contribution < 1.29 is 46.2 Å².